The van der Waals surface area contributed by atoms with Gasteiger partial charge in [-0.05, 0) is 31.5 Å². The molecule has 0 spiro atoms. The van der Waals surface area contributed by atoms with E-state index in [0.717, 1.165) is 6.07 Å². The summed E-state index contributed by atoms with van der Waals surface area (Å²) < 4.78 is 49.1. The smallest absolute Gasteiger partial charge is 0.416 e. The number of anilines is 1. The molecule has 0 saturated carbocycles. The number of carboxylic acid groups (broad SMARTS) is 1. The number of carboxylic acids is 1. The second-order valence-electron chi connectivity index (χ2n) is 5.46. The van der Waals surface area contributed by atoms with Crippen molar-refractivity contribution in [1.82, 2.24) is 0 Å². The summed E-state index contributed by atoms with van der Waals surface area (Å²) in [5, 5.41) is 9.24. The van der Waals surface area contributed by atoms with Crippen molar-refractivity contribution in [3.8, 4) is 0 Å². The van der Waals surface area contributed by atoms with Crippen LogP contribution in [0.3, 0.4) is 0 Å². The van der Waals surface area contributed by atoms with E-state index < -0.39 is 17.7 Å². The van der Waals surface area contributed by atoms with Gasteiger partial charge in [-0.25, -0.2) is 4.79 Å². The van der Waals surface area contributed by atoms with Gasteiger partial charge >= 0.3 is 12.1 Å². The molecule has 1 heterocycles. The molecule has 1 atom stereocenters. The Morgan fingerprint density at radius 1 is 1.38 bits per heavy atom. The lowest BCUT2D eigenvalue weighted by atomic mass is 10.1. The van der Waals surface area contributed by atoms with Gasteiger partial charge in [0.25, 0.3) is 0 Å². The molecule has 5 nitrogen and oxygen atoms in total. The van der Waals surface area contributed by atoms with Crippen LogP contribution in [-0.2, 0) is 15.7 Å². The van der Waals surface area contributed by atoms with E-state index in [1.807, 2.05) is 6.92 Å². The Morgan fingerprint density at radius 2 is 2.12 bits per heavy atom. The fourth-order valence-electron chi connectivity index (χ4n) is 2.66. The van der Waals surface area contributed by atoms with Crippen LogP contribution in [-0.4, -0.2) is 50.1 Å². The van der Waals surface area contributed by atoms with Crippen LogP contribution in [0.5, 0.6) is 0 Å². The van der Waals surface area contributed by atoms with E-state index in [4.69, 9.17) is 9.47 Å². The molecule has 1 fully saturated rings. The van der Waals surface area contributed by atoms with Gasteiger partial charge in [-0.1, -0.05) is 0 Å². The van der Waals surface area contributed by atoms with Gasteiger partial charge in [-0.2, -0.15) is 13.2 Å². The summed E-state index contributed by atoms with van der Waals surface area (Å²) >= 11 is 0. The van der Waals surface area contributed by atoms with Crippen molar-refractivity contribution < 1.29 is 32.5 Å². The molecule has 1 aliphatic heterocycles. The third-order valence-electron chi connectivity index (χ3n) is 3.83. The van der Waals surface area contributed by atoms with Gasteiger partial charge in [0, 0.05) is 19.7 Å². The monoisotopic (exact) mass is 347 g/mol. The van der Waals surface area contributed by atoms with Crippen molar-refractivity contribution in [2.75, 3.05) is 37.8 Å². The Morgan fingerprint density at radius 3 is 2.75 bits per heavy atom. The van der Waals surface area contributed by atoms with Gasteiger partial charge in [0.2, 0.25) is 0 Å². The number of ether oxygens (including phenoxy) is 2. The van der Waals surface area contributed by atoms with Crippen LogP contribution in [0.25, 0.3) is 0 Å². The van der Waals surface area contributed by atoms with E-state index >= 15 is 0 Å². The van der Waals surface area contributed by atoms with Crippen LogP contribution in [0.2, 0.25) is 0 Å². The quantitative estimate of drug-likeness (QED) is 0.769. The zero-order chi connectivity index (χ0) is 17.7. The van der Waals surface area contributed by atoms with Crippen molar-refractivity contribution in [3.63, 3.8) is 0 Å². The highest BCUT2D eigenvalue weighted by Crippen LogP contribution is 2.34. The maximum absolute atomic E-state index is 12.8. The molecule has 0 aliphatic carbocycles. The Kier molecular flexibility index (Phi) is 6.06. The summed E-state index contributed by atoms with van der Waals surface area (Å²) in [6.07, 6.45) is -3.97. The Bertz CT molecular complexity index is 577. The molecule has 24 heavy (non-hydrogen) atoms. The number of benzene rings is 1. The molecule has 134 valence electrons. The van der Waals surface area contributed by atoms with E-state index in [1.165, 1.54) is 6.07 Å². The fourth-order valence-corrected chi connectivity index (χ4v) is 2.66. The van der Waals surface area contributed by atoms with Crippen molar-refractivity contribution in [3.05, 3.63) is 29.3 Å². The summed E-state index contributed by atoms with van der Waals surface area (Å²) in [6.45, 7) is 4.38. The maximum Gasteiger partial charge on any atom is 0.416 e. The summed E-state index contributed by atoms with van der Waals surface area (Å²) in [5.74, 6) is -1.38. The van der Waals surface area contributed by atoms with Crippen molar-refractivity contribution in [2.45, 2.75) is 25.6 Å². The second-order valence-corrected chi connectivity index (χ2v) is 5.46. The third kappa shape index (κ3) is 4.61. The number of hydrogen-bond donors (Lipinski definition) is 1. The molecule has 1 N–H and O–H groups in total. The lowest BCUT2D eigenvalue weighted by Crippen LogP contribution is -2.25. The molecule has 0 unspecified atom stereocenters. The van der Waals surface area contributed by atoms with E-state index in [0.29, 0.717) is 45.4 Å². The van der Waals surface area contributed by atoms with Gasteiger partial charge in [0.05, 0.1) is 36.1 Å². The first-order chi connectivity index (χ1) is 11.3. The van der Waals surface area contributed by atoms with E-state index in [9.17, 15) is 23.1 Å². The highest BCUT2D eigenvalue weighted by atomic mass is 19.4. The van der Waals surface area contributed by atoms with Crippen molar-refractivity contribution in [1.29, 1.82) is 0 Å². The largest absolute Gasteiger partial charge is 0.478 e. The fraction of sp³-hybridized carbons (Fsp3) is 0.562. The first kappa shape index (κ1) is 18.5. The lowest BCUT2D eigenvalue weighted by molar-refractivity contribution is -0.137. The van der Waals surface area contributed by atoms with Crippen LogP contribution in [0.15, 0.2) is 18.2 Å². The Labute approximate surface area is 138 Å². The zero-order valence-electron chi connectivity index (χ0n) is 13.3. The third-order valence-corrected chi connectivity index (χ3v) is 3.83. The number of alkyl halides is 3. The SMILES string of the molecule is CCOCCO[C@H]1CCN(c2ccc(C(F)(F)F)cc2C(=O)O)C1. The first-order valence-electron chi connectivity index (χ1n) is 7.71. The molecule has 1 aromatic rings. The van der Waals surface area contributed by atoms with Crippen LogP contribution >= 0.6 is 0 Å². The number of rotatable bonds is 7. The molecular weight excluding hydrogens is 327 g/mol. The Hall–Kier alpha value is -1.80. The first-order valence-corrected chi connectivity index (χ1v) is 7.71. The standard InChI is InChI=1S/C16H20F3NO4/c1-2-23-7-8-24-12-5-6-20(10-12)14-4-3-11(16(17,18)19)9-13(14)15(21)22/h3-4,9,12H,2,5-8,10H2,1H3,(H,21,22)/t12-/m0/s1. The van der Waals surface area contributed by atoms with Crippen molar-refractivity contribution in [2.24, 2.45) is 0 Å². The van der Waals surface area contributed by atoms with E-state index in [1.54, 1.807) is 4.90 Å². The number of carbonyl (C=O) groups is 1. The van der Waals surface area contributed by atoms with Gasteiger partial charge < -0.3 is 19.5 Å². The van der Waals surface area contributed by atoms with Gasteiger partial charge in [0.15, 0.2) is 0 Å². The summed E-state index contributed by atoms with van der Waals surface area (Å²) in [5.41, 5.74) is -1.03. The molecule has 0 radical (unpaired) electrons. The molecule has 1 saturated heterocycles. The predicted molar refractivity (Wildman–Crippen MR) is 81.5 cm³/mol. The van der Waals surface area contributed by atoms with Gasteiger partial charge in [0.1, 0.15) is 0 Å². The molecular formula is C16H20F3NO4. The highest BCUT2D eigenvalue weighted by Gasteiger charge is 2.33. The predicted octanol–water partition coefficient (Wildman–Crippen LogP) is 3.04. The molecule has 0 bridgehead atoms. The number of hydrogen-bond acceptors (Lipinski definition) is 4. The summed E-state index contributed by atoms with van der Waals surface area (Å²) in [4.78, 5) is 13.1. The zero-order valence-corrected chi connectivity index (χ0v) is 13.3. The minimum atomic E-state index is -4.57. The number of aromatic carboxylic acids is 1. The average molecular weight is 347 g/mol. The molecule has 2 rings (SSSR count). The molecule has 0 amide bonds. The van der Waals surface area contributed by atoms with Crippen LogP contribution < -0.4 is 4.90 Å². The lowest BCUT2D eigenvalue weighted by Gasteiger charge is -2.22. The van der Waals surface area contributed by atoms with Crippen LogP contribution in [0.4, 0.5) is 18.9 Å². The molecule has 8 heteroatoms. The van der Waals surface area contributed by atoms with Crippen LogP contribution in [0, 0.1) is 0 Å². The Balaban J connectivity index is 2.08. The van der Waals surface area contributed by atoms with Crippen LogP contribution in [0.1, 0.15) is 29.3 Å². The molecule has 0 aromatic heterocycles. The number of halogens is 3. The normalized spacial score (nSPS) is 18.2. The molecule has 1 aromatic carbocycles. The topological polar surface area (TPSA) is 59.0 Å². The molecule has 1 aliphatic rings. The van der Waals surface area contributed by atoms with Crippen molar-refractivity contribution >= 4 is 11.7 Å². The summed E-state index contributed by atoms with van der Waals surface area (Å²) in [7, 11) is 0. The average Bonchev–Trinajstić information content (AvgIpc) is 2.99. The second kappa shape index (κ2) is 7.85. The minimum absolute atomic E-state index is 0.0885. The van der Waals surface area contributed by atoms with Gasteiger partial charge in [-0.15, -0.1) is 0 Å². The maximum atomic E-state index is 12.8. The minimum Gasteiger partial charge on any atom is -0.478 e. The van der Waals surface area contributed by atoms with E-state index in [2.05, 4.69) is 0 Å². The number of nitrogens with zero attached hydrogens (tertiary/aromatic N) is 1. The summed E-state index contributed by atoms with van der Waals surface area (Å²) in [6, 6.07) is 2.81. The highest BCUT2D eigenvalue weighted by molar-refractivity contribution is 5.94. The van der Waals surface area contributed by atoms with Gasteiger partial charge in [-0.3, -0.25) is 0 Å². The van der Waals surface area contributed by atoms with E-state index in [-0.39, 0.29) is 17.4 Å².